The van der Waals surface area contributed by atoms with E-state index >= 15 is 0 Å². The van der Waals surface area contributed by atoms with Gasteiger partial charge in [-0.1, -0.05) is 79.8 Å². The summed E-state index contributed by atoms with van der Waals surface area (Å²) in [5, 5.41) is 8.49. The molecule has 0 heterocycles. The second-order valence-electron chi connectivity index (χ2n) is 5.35. The molecule has 0 aliphatic carbocycles. The standard InChI is InChI=1S/C22H32O2/c1-2-3-4-5-6-7-8-9-10-11-12-13-14-15-16-17-18-19-20-21-22(23)24/h3-4,6-7,9-10,12-13,15-16,18-19H,2,5,8,11,14,17,20-21H2,1H3,(H,23,24)/b4-3-,7-6-,10-9-,13-12-,16-15-,19-18-/i1+1,2+1,3+1,4+1,5+1,6+1,7+1,8+1,9+1,10+1,11+1,12+1,13+1,14+1,15+1,16+1,17+1,18+1,19+1,20+1,21+1,22+1. The Kier molecular flexibility index (Phi) is 17.3. The zero-order chi connectivity index (χ0) is 17.7. The van der Waals surface area contributed by atoms with E-state index in [1.54, 1.807) is 0 Å². The molecule has 0 radical (unpaired) electrons. The number of carboxylic acid groups (broad SMARTS) is 1. The van der Waals surface area contributed by atoms with Crippen LogP contribution in [0.5, 0.6) is 0 Å². The Morgan fingerprint density at radius 1 is 0.625 bits per heavy atom. The molecule has 0 aromatic rings. The van der Waals surface area contributed by atoms with Crippen molar-refractivity contribution < 1.29 is 9.90 Å². The smallest absolute Gasteiger partial charge is 0.303 e. The lowest BCUT2D eigenvalue weighted by Gasteiger charge is -1.87. The monoisotopic (exact) mass is 350 g/mol. The minimum Gasteiger partial charge on any atom is -0.481 e. The lowest BCUT2D eigenvalue weighted by molar-refractivity contribution is -0.136. The molecule has 0 aliphatic rings. The van der Waals surface area contributed by atoms with E-state index in [1.165, 1.54) is 0 Å². The molecule has 0 aliphatic heterocycles. The maximum atomic E-state index is 10.3. The van der Waals surface area contributed by atoms with Gasteiger partial charge in [0.15, 0.2) is 0 Å². The molecule has 2 heteroatoms. The Labute approximate surface area is 147 Å². The molecule has 0 fully saturated rings. The van der Waals surface area contributed by atoms with E-state index in [0.29, 0.717) is 6.42 Å². The van der Waals surface area contributed by atoms with Crippen LogP contribution in [0.15, 0.2) is 72.9 Å². The molecule has 0 atom stereocenters. The quantitative estimate of drug-likeness (QED) is 0.285. The van der Waals surface area contributed by atoms with E-state index in [2.05, 4.69) is 67.7 Å². The van der Waals surface area contributed by atoms with Crippen molar-refractivity contribution >= 4 is 5.97 Å². The molecule has 0 aromatic heterocycles. The Balaban J connectivity index is 3.51. The zero-order valence-electron chi connectivity index (χ0n) is 14.9. The van der Waals surface area contributed by atoms with E-state index in [4.69, 9.17) is 5.11 Å². The number of hydrogen-bond donors (Lipinski definition) is 1. The molecule has 0 aromatic carbocycles. The highest BCUT2D eigenvalue weighted by Crippen LogP contribution is 1.97. The molecule has 0 rings (SSSR count). The normalized spacial score (nSPS) is 13.0. The molecular formula is C22H32O2. The number of carboxylic acids is 1. The van der Waals surface area contributed by atoms with Crippen molar-refractivity contribution in [2.45, 2.75) is 58.3 Å². The van der Waals surface area contributed by atoms with Gasteiger partial charge in [-0.15, -0.1) is 0 Å². The summed E-state index contributed by atoms with van der Waals surface area (Å²) < 4.78 is 0. The minimum atomic E-state index is -0.741. The molecule has 132 valence electrons. The highest BCUT2D eigenvalue weighted by atomic mass is 16.5. The Morgan fingerprint density at radius 3 is 1.29 bits per heavy atom. The summed E-state index contributed by atoms with van der Waals surface area (Å²) in [6.07, 6.45) is 32.5. The van der Waals surface area contributed by atoms with Crippen LogP contribution in [0.4, 0.5) is 0 Å². The van der Waals surface area contributed by atoms with Gasteiger partial charge in [-0.2, -0.15) is 0 Å². The third-order valence-corrected chi connectivity index (χ3v) is 3.12. The van der Waals surface area contributed by atoms with Gasteiger partial charge < -0.3 is 5.11 Å². The summed E-state index contributed by atoms with van der Waals surface area (Å²) in [7, 11) is 0. The first-order valence-electron chi connectivity index (χ1n) is 8.89. The van der Waals surface area contributed by atoms with Crippen LogP contribution in [0.25, 0.3) is 0 Å². The Hall–Kier alpha value is -2.09. The molecule has 0 saturated carbocycles. The molecule has 0 amide bonds. The van der Waals surface area contributed by atoms with Gasteiger partial charge in [-0.05, 0) is 44.9 Å². The van der Waals surface area contributed by atoms with Crippen molar-refractivity contribution in [2.24, 2.45) is 0 Å². The largest absolute Gasteiger partial charge is 0.481 e. The molecule has 0 bridgehead atoms. The van der Waals surface area contributed by atoms with Crippen LogP contribution in [0, 0.1) is 0 Å². The summed E-state index contributed by atoms with van der Waals surface area (Å²) in [5.74, 6) is -0.741. The average molecular weight is 350 g/mol. The second-order valence-corrected chi connectivity index (χ2v) is 5.35. The summed E-state index contributed by atoms with van der Waals surface area (Å²) in [6.45, 7) is 2.15. The van der Waals surface area contributed by atoms with Crippen molar-refractivity contribution in [2.75, 3.05) is 0 Å². The third-order valence-electron chi connectivity index (χ3n) is 3.12. The number of allylic oxidation sites excluding steroid dienone is 12. The van der Waals surface area contributed by atoms with E-state index in [-0.39, 0.29) is 6.42 Å². The van der Waals surface area contributed by atoms with Crippen LogP contribution in [-0.4, -0.2) is 11.1 Å². The predicted molar refractivity (Wildman–Crippen MR) is 105 cm³/mol. The highest BCUT2D eigenvalue weighted by molar-refractivity contribution is 5.66. The fraction of sp³-hybridized carbons (Fsp3) is 0.409. The van der Waals surface area contributed by atoms with Gasteiger partial charge in [0.2, 0.25) is 0 Å². The SMILES string of the molecule is [13CH3][13CH2]/[13CH]=[13CH]\[13CH2]/[13CH]=[13CH]\[13CH2]/[13CH]=[13CH]\[13CH2]/[13CH]=[13CH]\[13CH2]/[13CH]=[13CH]\[13CH2]/[13CH]=[13CH]\[13CH2][13CH2][13C](=O)O. The fourth-order valence-electron chi connectivity index (χ4n) is 1.85. The molecule has 24 heavy (non-hydrogen) atoms. The van der Waals surface area contributed by atoms with Crippen molar-refractivity contribution in [1.29, 1.82) is 0 Å². The summed E-state index contributed by atoms with van der Waals surface area (Å²) >= 11 is 0. The van der Waals surface area contributed by atoms with Crippen LogP contribution in [0.2, 0.25) is 0 Å². The van der Waals surface area contributed by atoms with Gasteiger partial charge in [0.05, 0.1) is 0 Å². The maximum absolute atomic E-state index is 10.3. The first kappa shape index (κ1) is 21.9. The Bertz CT molecular complexity index is 462. The fourth-order valence-corrected chi connectivity index (χ4v) is 1.85. The lowest BCUT2D eigenvalue weighted by Crippen LogP contribution is -1.91. The van der Waals surface area contributed by atoms with Crippen molar-refractivity contribution in [3.05, 3.63) is 72.9 Å². The van der Waals surface area contributed by atoms with E-state index in [9.17, 15) is 4.79 Å². The lowest BCUT2D eigenvalue weighted by atomic mass is 11.2. The number of hydrogen-bond acceptors (Lipinski definition) is 1. The van der Waals surface area contributed by atoms with Crippen LogP contribution in [0.1, 0.15) is 58.3 Å². The molecule has 0 spiro atoms. The molecule has 0 saturated heterocycles. The van der Waals surface area contributed by atoms with Crippen molar-refractivity contribution in [3.8, 4) is 0 Å². The molecular weight excluding hydrogens is 318 g/mol. The second kappa shape index (κ2) is 19.0. The highest BCUT2D eigenvalue weighted by Gasteiger charge is 1.90. The maximum Gasteiger partial charge on any atom is 0.303 e. The summed E-state index contributed by atoms with van der Waals surface area (Å²) in [4.78, 5) is 10.3. The van der Waals surface area contributed by atoms with Crippen LogP contribution in [0.3, 0.4) is 0 Å². The van der Waals surface area contributed by atoms with Gasteiger partial charge in [0.1, 0.15) is 0 Å². The van der Waals surface area contributed by atoms with E-state index in [0.717, 1.165) is 38.5 Å². The third kappa shape index (κ3) is 19.9. The number of rotatable bonds is 14. The van der Waals surface area contributed by atoms with Crippen LogP contribution >= 0.6 is 0 Å². The topological polar surface area (TPSA) is 37.3 Å². The van der Waals surface area contributed by atoms with Gasteiger partial charge in [0.25, 0.3) is 0 Å². The summed E-state index contributed by atoms with van der Waals surface area (Å²) in [6, 6.07) is 0. The van der Waals surface area contributed by atoms with Gasteiger partial charge >= 0.3 is 5.97 Å². The van der Waals surface area contributed by atoms with E-state index < -0.39 is 5.97 Å². The van der Waals surface area contributed by atoms with E-state index in [1.807, 2.05) is 12.2 Å². The predicted octanol–water partition coefficient (Wildman–Crippen LogP) is 6.55. The van der Waals surface area contributed by atoms with Gasteiger partial charge in [-0.25, -0.2) is 0 Å². The number of carbonyl (C=O) groups is 1. The Morgan fingerprint density at radius 2 is 0.958 bits per heavy atom. The van der Waals surface area contributed by atoms with Gasteiger partial charge in [-0.3, -0.25) is 4.79 Å². The first-order chi connectivity index (χ1) is 11.8. The molecule has 1 N–H and O–H groups in total. The molecule has 0 unspecified atom stereocenters. The first-order valence-corrected chi connectivity index (χ1v) is 8.89. The van der Waals surface area contributed by atoms with Crippen LogP contribution < -0.4 is 0 Å². The van der Waals surface area contributed by atoms with Crippen molar-refractivity contribution in [1.82, 2.24) is 0 Å². The minimum absolute atomic E-state index is 0.210. The van der Waals surface area contributed by atoms with Crippen LogP contribution in [-0.2, 0) is 4.79 Å². The zero-order valence-corrected chi connectivity index (χ0v) is 14.9. The molecule has 2 nitrogen and oxygen atoms in total. The van der Waals surface area contributed by atoms with Crippen molar-refractivity contribution in [3.63, 3.8) is 0 Å². The number of aliphatic carboxylic acids is 1. The van der Waals surface area contributed by atoms with Gasteiger partial charge in [0, 0.05) is 6.42 Å². The summed E-state index contributed by atoms with van der Waals surface area (Å²) in [5.41, 5.74) is 0. The average Bonchev–Trinajstić information content (AvgIpc) is 2.56.